The highest BCUT2D eigenvalue weighted by Gasteiger charge is 2.26. The Morgan fingerprint density at radius 1 is 0.788 bits per heavy atom. The van der Waals surface area contributed by atoms with Gasteiger partial charge in [0.25, 0.3) is 0 Å². The van der Waals surface area contributed by atoms with Gasteiger partial charge < -0.3 is 19.1 Å². The topological polar surface area (TPSA) is 34.2 Å². The highest BCUT2D eigenvalue weighted by atomic mass is 35.5. The molecule has 1 saturated heterocycles. The molecule has 0 radical (unpaired) electrons. The summed E-state index contributed by atoms with van der Waals surface area (Å²) in [5, 5.41) is 0. The Balaban J connectivity index is 0.00000153. The maximum atomic E-state index is 6.14. The fraction of sp³-hybridized carbons (Fsp3) is 0.308. The lowest BCUT2D eigenvalue weighted by Gasteiger charge is -2.37. The molecule has 0 unspecified atom stereocenters. The van der Waals surface area contributed by atoms with E-state index >= 15 is 0 Å². The highest BCUT2D eigenvalue weighted by molar-refractivity contribution is 5.85. The zero-order chi connectivity index (χ0) is 21.2. The van der Waals surface area contributed by atoms with Gasteiger partial charge in [-0.05, 0) is 34.9 Å². The standard InChI is InChI=1S/C26H28N2O3.2ClH/c1-29-23-10-6-5-9-22(23)28-15-13-27(14-16-28)17-19-11-12-24(30-2)26-25(19)21-8-4-3-7-20(21)18-31-26;;/h3-12H,13-18H2,1-2H3;2*1H. The van der Waals surface area contributed by atoms with Gasteiger partial charge in [-0.3, -0.25) is 4.90 Å². The molecule has 0 bridgehead atoms. The van der Waals surface area contributed by atoms with E-state index in [0.29, 0.717) is 6.61 Å². The Morgan fingerprint density at radius 3 is 2.24 bits per heavy atom. The number of para-hydroxylation sites is 2. The van der Waals surface area contributed by atoms with Crippen molar-refractivity contribution >= 4 is 30.5 Å². The van der Waals surface area contributed by atoms with Crippen LogP contribution in [-0.2, 0) is 13.2 Å². The van der Waals surface area contributed by atoms with Crippen molar-refractivity contribution in [1.29, 1.82) is 0 Å². The second-order valence-electron chi connectivity index (χ2n) is 8.01. The van der Waals surface area contributed by atoms with Gasteiger partial charge in [0.1, 0.15) is 12.4 Å². The first-order valence-electron chi connectivity index (χ1n) is 10.8. The number of rotatable bonds is 5. The molecule has 2 aliphatic rings. The van der Waals surface area contributed by atoms with Gasteiger partial charge in [-0.2, -0.15) is 0 Å². The van der Waals surface area contributed by atoms with Crippen molar-refractivity contribution < 1.29 is 14.2 Å². The van der Waals surface area contributed by atoms with Crippen LogP contribution in [0.15, 0.2) is 60.7 Å². The third-order valence-corrected chi connectivity index (χ3v) is 6.28. The lowest BCUT2D eigenvalue weighted by molar-refractivity contribution is 0.247. The highest BCUT2D eigenvalue weighted by Crippen LogP contribution is 2.46. The molecule has 5 nitrogen and oxygen atoms in total. The van der Waals surface area contributed by atoms with Crippen molar-refractivity contribution in [2.24, 2.45) is 0 Å². The molecule has 0 N–H and O–H groups in total. The van der Waals surface area contributed by atoms with Gasteiger partial charge in [-0.1, -0.05) is 42.5 Å². The summed E-state index contributed by atoms with van der Waals surface area (Å²) in [5.41, 5.74) is 6.12. The first kappa shape index (κ1) is 25.0. The van der Waals surface area contributed by atoms with E-state index in [1.807, 2.05) is 18.2 Å². The average molecular weight is 489 g/mol. The summed E-state index contributed by atoms with van der Waals surface area (Å²) in [6.07, 6.45) is 0. The van der Waals surface area contributed by atoms with E-state index in [-0.39, 0.29) is 24.8 Å². The van der Waals surface area contributed by atoms with E-state index in [9.17, 15) is 0 Å². The zero-order valence-corrected chi connectivity index (χ0v) is 20.6. The quantitative estimate of drug-likeness (QED) is 0.478. The van der Waals surface area contributed by atoms with Crippen molar-refractivity contribution in [2.75, 3.05) is 45.3 Å². The molecule has 0 spiro atoms. The number of piperazine rings is 1. The summed E-state index contributed by atoms with van der Waals surface area (Å²) in [6, 6.07) is 21.0. The van der Waals surface area contributed by atoms with Crippen LogP contribution in [0.3, 0.4) is 0 Å². The first-order valence-corrected chi connectivity index (χ1v) is 10.8. The molecule has 176 valence electrons. The lowest BCUT2D eigenvalue weighted by Crippen LogP contribution is -2.46. The third kappa shape index (κ3) is 4.86. The second-order valence-corrected chi connectivity index (χ2v) is 8.01. The minimum Gasteiger partial charge on any atom is -0.495 e. The predicted molar refractivity (Wildman–Crippen MR) is 138 cm³/mol. The summed E-state index contributed by atoms with van der Waals surface area (Å²) in [7, 11) is 3.44. The number of fused-ring (bicyclic) bond motifs is 3. The van der Waals surface area contributed by atoms with Gasteiger partial charge in [0, 0.05) is 38.3 Å². The molecule has 0 amide bonds. The van der Waals surface area contributed by atoms with Crippen LogP contribution in [0, 0.1) is 0 Å². The van der Waals surface area contributed by atoms with E-state index in [2.05, 4.69) is 52.3 Å². The molecular weight excluding hydrogens is 459 g/mol. The molecule has 3 aromatic rings. The smallest absolute Gasteiger partial charge is 0.169 e. The fourth-order valence-corrected chi connectivity index (χ4v) is 4.65. The molecule has 2 aliphatic heterocycles. The SMILES string of the molecule is COc1ccccc1N1CCN(Cc2ccc(OC)c3c2-c2ccccc2CO3)CC1.Cl.Cl. The van der Waals surface area contributed by atoms with Crippen LogP contribution in [0.4, 0.5) is 5.69 Å². The number of methoxy groups -OCH3 is 2. The summed E-state index contributed by atoms with van der Waals surface area (Å²) in [6.45, 7) is 5.44. The number of hydrogen-bond acceptors (Lipinski definition) is 5. The summed E-state index contributed by atoms with van der Waals surface area (Å²) < 4.78 is 17.3. The molecule has 0 atom stereocenters. The van der Waals surface area contributed by atoms with E-state index in [0.717, 1.165) is 50.0 Å². The molecule has 33 heavy (non-hydrogen) atoms. The van der Waals surface area contributed by atoms with Crippen LogP contribution in [-0.4, -0.2) is 45.3 Å². The molecular formula is C26H30Cl2N2O3. The van der Waals surface area contributed by atoms with Gasteiger partial charge in [0.15, 0.2) is 11.5 Å². The van der Waals surface area contributed by atoms with Crippen molar-refractivity contribution in [3.8, 4) is 28.4 Å². The number of benzene rings is 3. The molecule has 1 fully saturated rings. The number of nitrogens with zero attached hydrogens (tertiary/aromatic N) is 2. The van der Waals surface area contributed by atoms with E-state index in [1.54, 1.807) is 14.2 Å². The first-order chi connectivity index (χ1) is 15.3. The Bertz CT molecular complexity index is 1080. The largest absolute Gasteiger partial charge is 0.495 e. The number of halogens is 2. The molecule has 3 aromatic carbocycles. The van der Waals surface area contributed by atoms with Crippen LogP contribution in [0.2, 0.25) is 0 Å². The Labute approximate surface area is 208 Å². The molecule has 0 aliphatic carbocycles. The van der Waals surface area contributed by atoms with Crippen LogP contribution < -0.4 is 19.1 Å². The third-order valence-electron chi connectivity index (χ3n) is 6.28. The predicted octanol–water partition coefficient (Wildman–Crippen LogP) is 5.43. The monoisotopic (exact) mass is 488 g/mol. The Hall–Kier alpha value is -2.60. The number of hydrogen-bond donors (Lipinski definition) is 0. The summed E-state index contributed by atoms with van der Waals surface area (Å²) >= 11 is 0. The lowest BCUT2D eigenvalue weighted by atomic mass is 9.92. The summed E-state index contributed by atoms with van der Waals surface area (Å²) in [5.74, 6) is 2.61. The van der Waals surface area contributed by atoms with Crippen LogP contribution >= 0.6 is 24.8 Å². The normalized spacial score (nSPS) is 14.7. The minimum absolute atomic E-state index is 0. The fourth-order valence-electron chi connectivity index (χ4n) is 4.65. The Morgan fingerprint density at radius 2 is 1.48 bits per heavy atom. The van der Waals surface area contributed by atoms with Crippen molar-refractivity contribution in [1.82, 2.24) is 4.90 Å². The van der Waals surface area contributed by atoms with E-state index in [4.69, 9.17) is 14.2 Å². The van der Waals surface area contributed by atoms with Crippen LogP contribution in [0.5, 0.6) is 17.2 Å². The van der Waals surface area contributed by atoms with Gasteiger partial charge in [0.05, 0.1) is 19.9 Å². The molecule has 2 heterocycles. The molecule has 7 heteroatoms. The maximum Gasteiger partial charge on any atom is 0.169 e. The number of anilines is 1. The van der Waals surface area contributed by atoms with E-state index < -0.39 is 0 Å². The Kier molecular flexibility index (Phi) is 8.35. The molecule has 0 aromatic heterocycles. The van der Waals surface area contributed by atoms with Crippen molar-refractivity contribution in [2.45, 2.75) is 13.2 Å². The van der Waals surface area contributed by atoms with Crippen molar-refractivity contribution in [3.05, 3.63) is 71.8 Å². The van der Waals surface area contributed by atoms with Gasteiger partial charge in [0.2, 0.25) is 0 Å². The van der Waals surface area contributed by atoms with Crippen molar-refractivity contribution in [3.63, 3.8) is 0 Å². The molecule has 0 saturated carbocycles. The van der Waals surface area contributed by atoms with Crippen LogP contribution in [0.25, 0.3) is 11.1 Å². The van der Waals surface area contributed by atoms with Gasteiger partial charge in [-0.25, -0.2) is 0 Å². The summed E-state index contributed by atoms with van der Waals surface area (Å²) in [4.78, 5) is 4.93. The molecule has 5 rings (SSSR count). The minimum atomic E-state index is 0. The average Bonchev–Trinajstić information content (AvgIpc) is 2.84. The zero-order valence-electron chi connectivity index (χ0n) is 19.0. The van der Waals surface area contributed by atoms with Gasteiger partial charge >= 0.3 is 0 Å². The number of ether oxygens (including phenoxy) is 3. The van der Waals surface area contributed by atoms with E-state index in [1.165, 1.54) is 27.9 Å². The van der Waals surface area contributed by atoms with Crippen LogP contribution in [0.1, 0.15) is 11.1 Å². The second kappa shape index (κ2) is 11.0. The van der Waals surface area contributed by atoms with Gasteiger partial charge in [-0.15, -0.1) is 24.8 Å². The maximum absolute atomic E-state index is 6.14.